The van der Waals surface area contributed by atoms with E-state index < -0.39 is 0 Å². The van der Waals surface area contributed by atoms with Crippen LogP contribution in [0, 0.1) is 25.7 Å². The van der Waals surface area contributed by atoms with Gasteiger partial charge in [0.15, 0.2) is 0 Å². The molecule has 0 saturated heterocycles. The minimum Gasteiger partial charge on any atom is -0.322 e. The fourth-order valence-electron chi connectivity index (χ4n) is 2.30. The zero-order valence-electron chi connectivity index (χ0n) is 13.5. The van der Waals surface area contributed by atoms with Gasteiger partial charge in [0.1, 0.15) is 5.69 Å². The summed E-state index contributed by atoms with van der Waals surface area (Å²) in [5.74, 6) is 5.99. The molecule has 0 aliphatic heterocycles. The van der Waals surface area contributed by atoms with E-state index >= 15 is 0 Å². The average Bonchev–Trinajstić information content (AvgIpc) is 2.93. The first kappa shape index (κ1) is 16.0. The molecule has 24 heavy (non-hydrogen) atoms. The van der Waals surface area contributed by atoms with Gasteiger partial charge in [-0.15, -0.1) is 11.3 Å². The molecule has 2 heterocycles. The first-order chi connectivity index (χ1) is 11.6. The summed E-state index contributed by atoms with van der Waals surface area (Å²) in [7, 11) is 0. The van der Waals surface area contributed by atoms with E-state index in [1.165, 1.54) is 0 Å². The number of rotatable bonds is 2. The summed E-state index contributed by atoms with van der Waals surface area (Å²) in [5.41, 5.74) is 3.01. The van der Waals surface area contributed by atoms with Crippen molar-refractivity contribution in [3.63, 3.8) is 0 Å². The van der Waals surface area contributed by atoms with Crippen molar-refractivity contribution in [2.45, 2.75) is 13.8 Å². The van der Waals surface area contributed by atoms with Crippen LogP contribution in [-0.4, -0.2) is 10.9 Å². The molecule has 0 aliphatic carbocycles. The topological polar surface area (TPSA) is 42.0 Å². The lowest BCUT2D eigenvalue weighted by atomic mass is 10.2. The molecule has 3 nitrogen and oxygen atoms in total. The van der Waals surface area contributed by atoms with Crippen LogP contribution in [-0.2, 0) is 0 Å². The molecule has 4 heteroatoms. The maximum absolute atomic E-state index is 12.4. The smallest absolute Gasteiger partial charge is 0.256 e. The lowest BCUT2D eigenvalue weighted by Crippen LogP contribution is -2.12. The predicted molar refractivity (Wildman–Crippen MR) is 98.4 cm³/mol. The van der Waals surface area contributed by atoms with Gasteiger partial charge >= 0.3 is 0 Å². The molecule has 2 aromatic heterocycles. The molecule has 118 valence electrons. The Morgan fingerprint density at radius 3 is 2.67 bits per heavy atom. The molecule has 0 radical (unpaired) electrons. The molecule has 1 aromatic carbocycles. The highest BCUT2D eigenvalue weighted by Gasteiger charge is 2.12. The van der Waals surface area contributed by atoms with E-state index in [9.17, 15) is 4.79 Å². The first-order valence-corrected chi connectivity index (χ1v) is 8.35. The molecule has 1 N–H and O–H groups in total. The van der Waals surface area contributed by atoms with Crippen LogP contribution in [0.5, 0.6) is 0 Å². The Morgan fingerprint density at radius 2 is 1.96 bits per heavy atom. The van der Waals surface area contributed by atoms with Crippen LogP contribution in [0.2, 0.25) is 0 Å². The molecule has 0 spiro atoms. The molecule has 0 atom stereocenters. The quantitative estimate of drug-likeness (QED) is 0.706. The van der Waals surface area contributed by atoms with Crippen molar-refractivity contribution in [2.24, 2.45) is 0 Å². The predicted octanol–water partition coefficient (Wildman–Crippen LogP) is 4.41. The van der Waals surface area contributed by atoms with Crippen molar-refractivity contribution >= 4 is 22.9 Å². The molecule has 3 aromatic rings. The third-order valence-electron chi connectivity index (χ3n) is 3.41. The van der Waals surface area contributed by atoms with Crippen LogP contribution in [0.15, 0.2) is 54.7 Å². The van der Waals surface area contributed by atoms with Crippen LogP contribution in [0.4, 0.5) is 5.69 Å². The molecule has 3 rings (SSSR count). The number of aryl methyl sites for hydroxylation is 2. The van der Waals surface area contributed by atoms with Gasteiger partial charge in [-0.3, -0.25) is 4.79 Å². The van der Waals surface area contributed by atoms with Gasteiger partial charge in [-0.05, 0) is 56.2 Å². The van der Waals surface area contributed by atoms with Crippen molar-refractivity contribution in [1.82, 2.24) is 4.98 Å². The van der Waals surface area contributed by atoms with Crippen LogP contribution in [0.3, 0.4) is 0 Å². The number of carbonyl (C=O) groups excluding carboxylic acids is 1. The molecule has 0 aliphatic rings. The number of amides is 1. The van der Waals surface area contributed by atoms with Crippen molar-refractivity contribution in [3.05, 3.63) is 81.3 Å². The van der Waals surface area contributed by atoms with Crippen molar-refractivity contribution in [3.8, 4) is 11.8 Å². The molecule has 0 unspecified atom stereocenters. The fraction of sp³-hybridized carbons (Fsp3) is 0.100. The highest BCUT2D eigenvalue weighted by Crippen LogP contribution is 2.22. The monoisotopic (exact) mass is 332 g/mol. The van der Waals surface area contributed by atoms with E-state index in [-0.39, 0.29) is 5.91 Å². The summed E-state index contributed by atoms with van der Waals surface area (Å²) in [6, 6.07) is 15.0. The zero-order chi connectivity index (χ0) is 16.9. The minimum absolute atomic E-state index is 0.0910. The maximum atomic E-state index is 12.4. The molecular weight excluding hydrogens is 316 g/mol. The van der Waals surface area contributed by atoms with Gasteiger partial charge in [0, 0.05) is 27.2 Å². The van der Waals surface area contributed by atoms with Crippen LogP contribution in [0.25, 0.3) is 0 Å². The molecule has 0 saturated carbocycles. The van der Waals surface area contributed by atoms with Gasteiger partial charge in [0.2, 0.25) is 0 Å². The third kappa shape index (κ3) is 3.89. The van der Waals surface area contributed by atoms with Gasteiger partial charge in [0.25, 0.3) is 5.91 Å². The molecule has 1 amide bonds. The number of benzene rings is 1. The lowest BCUT2D eigenvalue weighted by molar-refractivity contribution is 0.102. The number of pyridine rings is 1. The van der Waals surface area contributed by atoms with E-state index in [0.29, 0.717) is 0 Å². The lowest BCUT2D eigenvalue weighted by Gasteiger charge is -2.05. The average molecular weight is 332 g/mol. The number of aromatic nitrogens is 1. The van der Waals surface area contributed by atoms with E-state index in [0.717, 1.165) is 32.3 Å². The number of nitrogens with one attached hydrogen (secondary N) is 1. The Balaban J connectivity index is 1.77. The Morgan fingerprint density at radius 1 is 1.08 bits per heavy atom. The second-order valence-electron chi connectivity index (χ2n) is 5.33. The summed E-state index contributed by atoms with van der Waals surface area (Å²) in [5, 5.41) is 2.94. The van der Waals surface area contributed by atoms with Gasteiger partial charge in [-0.1, -0.05) is 18.1 Å². The molecule has 0 bridgehead atoms. The van der Waals surface area contributed by atoms with E-state index in [1.807, 2.05) is 62.4 Å². The van der Waals surface area contributed by atoms with Gasteiger partial charge < -0.3 is 5.32 Å². The minimum atomic E-state index is -0.0910. The first-order valence-electron chi connectivity index (χ1n) is 7.53. The van der Waals surface area contributed by atoms with Crippen LogP contribution >= 0.6 is 11.3 Å². The number of nitrogens with zero attached hydrogens (tertiary/aromatic N) is 1. The van der Waals surface area contributed by atoms with Crippen molar-refractivity contribution < 1.29 is 4.79 Å². The van der Waals surface area contributed by atoms with Crippen LogP contribution in [0.1, 0.15) is 31.4 Å². The van der Waals surface area contributed by atoms with Crippen molar-refractivity contribution in [1.29, 1.82) is 0 Å². The van der Waals surface area contributed by atoms with E-state index in [4.69, 9.17) is 0 Å². The Kier molecular flexibility index (Phi) is 4.74. The SMILES string of the molecule is Cc1cc(C(=O)Nc2cccc(C#Cc3ccccn3)c2)c(C)s1. The number of hydrogen-bond donors (Lipinski definition) is 1. The summed E-state index contributed by atoms with van der Waals surface area (Å²) in [6.45, 7) is 3.96. The summed E-state index contributed by atoms with van der Waals surface area (Å²) in [6.07, 6.45) is 1.71. The number of hydrogen-bond acceptors (Lipinski definition) is 3. The van der Waals surface area contributed by atoms with E-state index in [2.05, 4.69) is 22.1 Å². The van der Waals surface area contributed by atoms with Gasteiger partial charge in [0.05, 0.1) is 5.56 Å². The maximum Gasteiger partial charge on any atom is 0.256 e. The summed E-state index contributed by atoms with van der Waals surface area (Å²) < 4.78 is 0. The Labute approximate surface area is 145 Å². The van der Waals surface area contributed by atoms with Crippen molar-refractivity contribution in [2.75, 3.05) is 5.32 Å². The molecule has 0 fully saturated rings. The zero-order valence-corrected chi connectivity index (χ0v) is 14.3. The summed E-state index contributed by atoms with van der Waals surface area (Å²) in [4.78, 5) is 18.7. The standard InChI is InChI=1S/C20H16N2OS/c1-14-12-19(15(2)24-14)20(23)22-18-8-5-6-16(13-18)9-10-17-7-3-4-11-21-17/h3-8,11-13H,1-2H3,(H,22,23). The Bertz CT molecular complexity index is 933. The van der Waals surface area contributed by atoms with Gasteiger partial charge in [-0.25, -0.2) is 4.98 Å². The number of thiophene rings is 1. The third-order valence-corrected chi connectivity index (χ3v) is 4.37. The normalized spacial score (nSPS) is 9.92. The summed E-state index contributed by atoms with van der Waals surface area (Å²) >= 11 is 1.63. The Hall–Kier alpha value is -2.90. The second kappa shape index (κ2) is 7.12. The largest absolute Gasteiger partial charge is 0.322 e. The highest BCUT2D eigenvalue weighted by molar-refractivity contribution is 7.12. The number of anilines is 1. The highest BCUT2D eigenvalue weighted by atomic mass is 32.1. The van der Waals surface area contributed by atoms with E-state index in [1.54, 1.807) is 17.5 Å². The van der Waals surface area contributed by atoms with Crippen LogP contribution < -0.4 is 5.32 Å². The molecular formula is C20H16N2OS. The fourth-order valence-corrected chi connectivity index (χ4v) is 3.22. The van der Waals surface area contributed by atoms with Gasteiger partial charge in [-0.2, -0.15) is 0 Å². The second-order valence-corrected chi connectivity index (χ2v) is 6.79. The number of carbonyl (C=O) groups is 1.